The second-order valence-electron chi connectivity index (χ2n) is 7.26. The minimum atomic E-state index is 0. The van der Waals surface area contributed by atoms with Gasteiger partial charge in [-0.25, -0.2) is 14.7 Å². The van der Waals surface area contributed by atoms with Crippen LogP contribution in [0.5, 0.6) is 0 Å². The summed E-state index contributed by atoms with van der Waals surface area (Å²) >= 11 is 1.81. The lowest BCUT2D eigenvalue weighted by atomic mass is 10.2. The van der Waals surface area contributed by atoms with E-state index in [4.69, 9.17) is 9.73 Å². The van der Waals surface area contributed by atoms with Crippen molar-refractivity contribution in [2.75, 3.05) is 39.4 Å². The SMILES string of the molecule is CCNC(=NCc1ccc(-n2cncn2)cc1)NCC(c1cccs1)N1CCOCC1.I. The number of thiophene rings is 1. The van der Waals surface area contributed by atoms with Crippen molar-refractivity contribution >= 4 is 41.3 Å². The third kappa shape index (κ3) is 6.74. The Kier molecular flexibility index (Phi) is 9.90. The zero-order valence-corrected chi connectivity index (χ0v) is 21.3. The van der Waals surface area contributed by atoms with Crippen LogP contribution in [0.4, 0.5) is 0 Å². The van der Waals surface area contributed by atoms with Gasteiger partial charge in [0.1, 0.15) is 12.7 Å². The lowest BCUT2D eigenvalue weighted by Gasteiger charge is -2.34. The van der Waals surface area contributed by atoms with E-state index in [0.717, 1.165) is 56.6 Å². The normalized spacial score (nSPS) is 15.7. The van der Waals surface area contributed by atoms with Gasteiger partial charge in [0.15, 0.2) is 5.96 Å². The van der Waals surface area contributed by atoms with Crippen molar-refractivity contribution in [1.29, 1.82) is 0 Å². The molecule has 3 heterocycles. The summed E-state index contributed by atoms with van der Waals surface area (Å²) < 4.78 is 7.29. The summed E-state index contributed by atoms with van der Waals surface area (Å²) in [5.74, 6) is 0.831. The maximum Gasteiger partial charge on any atom is 0.191 e. The fourth-order valence-electron chi connectivity index (χ4n) is 3.58. The molecule has 1 aliphatic rings. The van der Waals surface area contributed by atoms with Crippen molar-refractivity contribution in [3.63, 3.8) is 0 Å². The molecule has 1 unspecified atom stereocenters. The van der Waals surface area contributed by atoms with Gasteiger partial charge in [0.2, 0.25) is 0 Å². The Morgan fingerprint density at radius 3 is 2.66 bits per heavy atom. The average molecular weight is 568 g/mol. The zero-order chi connectivity index (χ0) is 21.3. The number of benzene rings is 1. The number of nitrogens with zero attached hydrogens (tertiary/aromatic N) is 5. The number of morpholine rings is 1. The molecule has 10 heteroatoms. The molecule has 2 N–H and O–H groups in total. The third-order valence-electron chi connectivity index (χ3n) is 5.20. The summed E-state index contributed by atoms with van der Waals surface area (Å²) in [6, 6.07) is 12.9. The molecule has 3 aromatic rings. The number of hydrogen-bond acceptors (Lipinski definition) is 6. The van der Waals surface area contributed by atoms with E-state index in [1.165, 1.54) is 11.2 Å². The number of halogens is 1. The predicted molar refractivity (Wildman–Crippen MR) is 139 cm³/mol. The standard InChI is InChI=1S/C22H29N7OS.HI/c1-2-24-22(25-14-18-5-7-19(8-6-18)29-17-23-16-27-29)26-15-20(21-4-3-13-31-21)28-9-11-30-12-10-28;/h3-8,13,16-17,20H,2,9-12,14-15H2,1H3,(H2,24,25,26);1H. The lowest BCUT2D eigenvalue weighted by Crippen LogP contribution is -2.46. The fourth-order valence-corrected chi connectivity index (χ4v) is 4.44. The first-order valence-electron chi connectivity index (χ1n) is 10.6. The van der Waals surface area contributed by atoms with Gasteiger partial charge in [0, 0.05) is 31.1 Å². The van der Waals surface area contributed by atoms with E-state index in [1.54, 1.807) is 22.3 Å². The maximum absolute atomic E-state index is 5.55. The minimum Gasteiger partial charge on any atom is -0.379 e. The Morgan fingerprint density at radius 2 is 2.00 bits per heavy atom. The lowest BCUT2D eigenvalue weighted by molar-refractivity contribution is 0.0177. The molecule has 0 bridgehead atoms. The van der Waals surface area contributed by atoms with E-state index in [2.05, 4.69) is 62.2 Å². The van der Waals surface area contributed by atoms with Gasteiger partial charge in [-0.2, -0.15) is 5.10 Å². The van der Waals surface area contributed by atoms with Gasteiger partial charge in [-0.05, 0) is 36.1 Å². The van der Waals surface area contributed by atoms with Crippen LogP contribution < -0.4 is 10.6 Å². The summed E-state index contributed by atoms with van der Waals surface area (Å²) in [5, 5.41) is 13.2. The van der Waals surface area contributed by atoms with E-state index < -0.39 is 0 Å². The number of aliphatic imine (C=N–C) groups is 1. The van der Waals surface area contributed by atoms with Crippen molar-refractivity contribution < 1.29 is 4.74 Å². The Hall–Kier alpha value is -2.02. The van der Waals surface area contributed by atoms with E-state index in [-0.39, 0.29) is 24.0 Å². The van der Waals surface area contributed by atoms with Crippen molar-refractivity contribution in [1.82, 2.24) is 30.3 Å². The molecule has 0 amide bonds. The Labute approximate surface area is 210 Å². The van der Waals surface area contributed by atoms with Gasteiger partial charge in [0.05, 0.1) is 31.5 Å². The van der Waals surface area contributed by atoms with Crippen LogP contribution in [0.1, 0.15) is 23.4 Å². The van der Waals surface area contributed by atoms with Crippen LogP contribution in [0.2, 0.25) is 0 Å². The highest BCUT2D eigenvalue weighted by atomic mass is 127. The highest BCUT2D eigenvalue weighted by molar-refractivity contribution is 14.0. The van der Waals surface area contributed by atoms with Crippen LogP contribution >= 0.6 is 35.3 Å². The van der Waals surface area contributed by atoms with Gasteiger partial charge >= 0.3 is 0 Å². The third-order valence-corrected chi connectivity index (χ3v) is 6.18. The van der Waals surface area contributed by atoms with Crippen LogP contribution in [0.25, 0.3) is 5.69 Å². The van der Waals surface area contributed by atoms with Gasteiger partial charge in [0.25, 0.3) is 0 Å². The molecule has 0 radical (unpaired) electrons. The first kappa shape index (κ1) is 24.6. The van der Waals surface area contributed by atoms with Crippen LogP contribution in [0.3, 0.4) is 0 Å². The van der Waals surface area contributed by atoms with E-state index >= 15 is 0 Å². The number of aromatic nitrogens is 3. The maximum atomic E-state index is 5.55. The summed E-state index contributed by atoms with van der Waals surface area (Å²) in [5.41, 5.74) is 2.13. The molecule has 2 aromatic heterocycles. The van der Waals surface area contributed by atoms with Crippen LogP contribution in [-0.4, -0.2) is 65.0 Å². The number of ether oxygens (including phenoxy) is 1. The molecule has 4 rings (SSSR count). The molecule has 0 saturated carbocycles. The first-order valence-corrected chi connectivity index (χ1v) is 11.5. The van der Waals surface area contributed by atoms with Gasteiger partial charge in [-0.3, -0.25) is 4.90 Å². The molecular weight excluding hydrogens is 537 g/mol. The number of nitrogens with one attached hydrogen (secondary N) is 2. The highest BCUT2D eigenvalue weighted by Gasteiger charge is 2.23. The van der Waals surface area contributed by atoms with Gasteiger partial charge in [-0.1, -0.05) is 18.2 Å². The predicted octanol–water partition coefficient (Wildman–Crippen LogP) is 3.08. The molecule has 32 heavy (non-hydrogen) atoms. The molecule has 1 aliphatic heterocycles. The molecule has 0 spiro atoms. The quantitative estimate of drug-likeness (QED) is 0.248. The topological polar surface area (TPSA) is 79.6 Å². The average Bonchev–Trinajstić information content (AvgIpc) is 3.53. The second-order valence-corrected chi connectivity index (χ2v) is 8.24. The number of rotatable bonds is 8. The summed E-state index contributed by atoms with van der Waals surface area (Å²) in [4.78, 5) is 12.7. The fraction of sp³-hybridized carbons (Fsp3) is 0.409. The molecule has 0 aliphatic carbocycles. The van der Waals surface area contributed by atoms with Gasteiger partial charge in [-0.15, -0.1) is 35.3 Å². The first-order chi connectivity index (χ1) is 15.3. The van der Waals surface area contributed by atoms with Crippen molar-refractivity contribution in [2.45, 2.75) is 19.5 Å². The summed E-state index contributed by atoms with van der Waals surface area (Å²) in [6.07, 6.45) is 3.23. The number of hydrogen-bond donors (Lipinski definition) is 2. The van der Waals surface area contributed by atoms with Crippen LogP contribution in [-0.2, 0) is 11.3 Å². The zero-order valence-electron chi connectivity index (χ0n) is 18.2. The van der Waals surface area contributed by atoms with E-state index in [9.17, 15) is 0 Å². The molecule has 1 fully saturated rings. The second kappa shape index (κ2) is 12.9. The Morgan fingerprint density at radius 1 is 1.19 bits per heavy atom. The smallest absolute Gasteiger partial charge is 0.191 e. The Balaban J connectivity index is 0.00000289. The largest absolute Gasteiger partial charge is 0.379 e. The molecule has 1 saturated heterocycles. The van der Waals surface area contributed by atoms with Crippen molar-refractivity contribution in [3.8, 4) is 5.69 Å². The molecule has 172 valence electrons. The molecule has 8 nitrogen and oxygen atoms in total. The minimum absolute atomic E-state index is 0. The molecular formula is C22H30IN7OS. The summed E-state index contributed by atoms with van der Waals surface area (Å²) in [6.45, 7) is 7.81. The van der Waals surface area contributed by atoms with Crippen LogP contribution in [0.15, 0.2) is 59.4 Å². The summed E-state index contributed by atoms with van der Waals surface area (Å²) in [7, 11) is 0. The van der Waals surface area contributed by atoms with Crippen molar-refractivity contribution in [2.24, 2.45) is 4.99 Å². The van der Waals surface area contributed by atoms with Crippen LogP contribution in [0, 0.1) is 0 Å². The van der Waals surface area contributed by atoms with Crippen molar-refractivity contribution in [3.05, 3.63) is 64.9 Å². The van der Waals surface area contributed by atoms with E-state index in [0.29, 0.717) is 12.6 Å². The highest BCUT2D eigenvalue weighted by Crippen LogP contribution is 2.25. The molecule has 1 aromatic carbocycles. The number of guanidine groups is 1. The van der Waals surface area contributed by atoms with Gasteiger partial charge < -0.3 is 15.4 Å². The van der Waals surface area contributed by atoms with E-state index in [1.807, 2.05) is 12.1 Å². The molecule has 1 atom stereocenters. The monoisotopic (exact) mass is 567 g/mol. The Bertz CT molecular complexity index is 926.